The van der Waals surface area contributed by atoms with Crippen molar-refractivity contribution < 1.29 is 13.2 Å². The van der Waals surface area contributed by atoms with Gasteiger partial charge in [-0.25, -0.2) is 4.39 Å². The number of aromatic nitrogens is 2. The van der Waals surface area contributed by atoms with Crippen molar-refractivity contribution >= 4 is 11.0 Å². The zero-order valence-corrected chi connectivity index (χ0v) is 11.3. The van der Waals surface area contributed by atoms with E-state index in [1.54, 1.807) is 12.1 Å². The lowest BCUT2D eigenvalue weighted by molar-refractivity contribution is -0.556. The van der Waals surface area contributed by atoms with E-state index < -0.39 is 0 Å². The minimum Gasteiger partial charge on any atom is -0.206 e. The second kappa shape index (κ2) is 4.63. The number of benzene rings is 1. The van der Waals surface area contributed by atoms with E-state index in [4.69, 9.17) is 0 Å². The topological polar surface area (TPSA) is 8.20 Å². The fourth-order valence-corrected chi connectivity index (χ4v) is 2.71. The summed E-state index contributed by atoms with van der Waals surface area (Å²) in [7, 11) is 0. The van der Waals surface area contributed by atoms with Gasteiger partial charge in [-0.15, -0.1) is 4.40 Å². The van der Waals surface area contributed by atoms with Crippen LogP contribution < -0.4 is 8.80 Å². The van der Waals surface area contributed by atoms with E-state index in [1.165, 1.54) is 6.07 Å². The van der Waals surface area contributed by atoms with Crippen molar-refractivity contribution in [2.24, 2.45) is 0 Å². The fraction of sp³-hybridized carbons (Fsp3) is 0. The molecule has 0 unspecified atom stereocenters. The standard InChI is InChI=1S/C18H13FN2/c19-15-8-2-1-7-14(15)18-13-20-11-5-3-9-16(20)17-10-4-6-12-21(17)18/h1-13H/q+2. The van der Waals surface area contributed by atoms with Crippen LogP contribution in [0.4, 0.5) is 4.39 Å². The van der Waals surface area contributed by atoms with E-state index in [-0.39, 0.29) is 5.82 Å². The van der Waals surface area contributed by atoms with E-state index in [0.29, 0.717) is 5.56 Å². The SMILES string of the molecule is Fc1ccccc1-c1c[n+]2ccccc2c2cccc[n+]12. The van der Waals surface area contributed by atoms with Crippen molar-refractivity contribution in [3.63, 3.8) is 0 Å². The molecular formula is C18H13FN2+2. The molecule has 0 N–H and O–H groups in total. The minimum atomic E-state index is -0.217. The van der Waals surface area contributed by atoms with Crippen LogP contribution in [0, 0.1) is 5.82 Å². The minimum absolute atomic E-state index is 0.217. The van der Waals surface area contributed by atoms with E-state index >= 15 is 0 Å². The molecule has 0 aliphatic rings. The predicted molar refractivity (Wildman–Crippen MR) is 78.2 cm³/mol. The third kappa shape index (κ3) is 1.86. The van der Waals surface area contributed by atoms with Gasteiger partial charge in [0.15, 0.2) is 12.4 Å². The number of fused-ring (bicyclic) bond motifs is 3. The van der Waals surface area contributed by atoms with Gasteiger partial charge in [-0.1, -0.05) is 12.1 Å². The first-order chi connectivity index (χ1) is 10.3. The summed E-state index contributed by atoms with van der Waals surface area (Å²) in [6, 6.07) is 18.9. The lowest BCUT2D eigenvalue weighted by atomic mass is 10.1. The molecule has 0 aliphatic carbocycles. The van der Waals surface area contributed by atoms with Crippen LogP contribution in [0.15, 0.2) is 79.3 Å². The summed E-state index contributed by atoms with van der Waals surface area (Å²) < 4.78 is 18.2. The molecule has 0 saturated heterocycles. The van der Waals surface area contributed by atoms with Gasteiger partial charge in [-0.3, -0.25) is 0 Å². The third-order valence-electron chi connectivity index (χ3n) is 3.68. The fourth-order valence-electron chi connectivity index (χ4n) is 2.71. The predicted octanol–water partition coefficient (Wildman–Crippen LogP) is 2.97. The summed E-state index contributed by atoms with van der Waals surface area (Å²) in [4.78, 5) is 0. The maximum atomic E-state index is 14.2. The summed E-state index contributed by atoms with van der Waals surface area (Å²) in [6.07, 6.45) is 5.90. The first-order valence-electron chi connectivity index (χ1n) is 6.83. The van der Waals surface area contributed by atoms with Crippen LogP contribution in [-0.4, -0.2) is 0 Å². The van der Waals surface area contributed by atoms with Gasteiger partial charge in [0, 0.05) is 24.3 Å². The lowest BCUT2D eigenvalue weighted by Gasteiger charge is -2.00. The summed E-state index contributed by atoms with van der Waals surface area (Å²) in [6.45, 7) is 0. The molecule has 0 amide bonds. The number of rotatable bonds is 1. The molecule has 4 rings (SSSR count). The molecule has 3 heteroatoms. The molecule has 2 nitrogen and oxygen atoms in total. The molecule has 0 saturated carbocycles. The van der Waals surface area contributed by atoms with Crippen molar-refractivity contribution in [1.29, 1.82) is 0 Å². The van der Waals surface area contributed by atoms with Crippen molar-refractivity contribution in [2.75, 3.05) is 0 Å². The van der Waals surface area contributed by atoms with Crippen molar-refractivity contribution in [2.45, 2.75) is 0 Å². The highest BCUT2D eigenvalue weighted by molar-refractivity contribution is 5.68. The average molecular weight is 276 g/mol. The summed E-state index contributed by atoms with van der Waals surface area (Å²) in [5.41, 5.74) is 3.54. The van der Waals surface area contributed by atoms with E-state index in [1.807, 2.05) is 63.8 Å². The van der Waals surface area contributed by atoms with Crippen molar-refractivity contribution in [1.82, 2.24) is 0 Å². The summed E-state index contributed by atoms with van der Waals surface area (Å²) >= 11 is 0. The average Bonchev–Trinajstić information content (AvgIpc) is 2.55. The Morgan fingerprint density at radius 1 is 0.714 bits per heavy atom. The number of nitrogens with zero attached hydrogens (tertiary/aromatic N) is 2. The van der Waals surface area contributed by atoms with Gasteiger partial charge in [0.1, 0.15) is 5.82 Å². The molecule has 4 aromatic rings. The Morgan fingerprint density at radius 3 is 2.29 bits per heavy atom. The van der Waals surface area contributed by atoms with Gasteiger partial charge in [0.05, 0.1) is 5.56 Å². The molecule has 21 heavy (non-hydrogen) atoms. The van der Waals surface area contributed by atoms with Crippen LogP contribution in [0.25, 0.3) is 22.3 Å². The van der Waals surface area contributed by atoms with Crippen LogP contribution >= 0.6 is 0 Å². The first-order valence-corrected chi connectivity index (χ1v) is 6.83. The van der Waals surface area contributed by atoms with Crippen LogP contribution in [0.2, 0.25) is 0 Å². The van der Waals surface area contributed by atoms with Crippen LogP contribution in [-0.2, 0) is 0 Å². The van der Waals surface area contributed by atoms with E-state index in [9.17, 15) is 4.39 Å². The number of hydrogen-bond donors (Lipinski definition) is 0. The Bertz CT molecular complexity index is 963. The Kier molecular flexibility index (Phi) is 2.64. The molecule has 0 spiro atoms. The first kappa shape index (κ1) is 12.0. The molecule has 0 fully saturated rings. The molecule has 0 aliphatic heterocycles. The Hall–Kier alpha value is -2.81. The zero-order valence-electron chi connectivity index (χ0n) is 11.3. The molecule has 0 atom stereocenters. The number of pyridine rings is 2. The third-order valence-corrected chi connectivity index (χ3v) is 3.68. The van der Waals surface area contributed by atoms with Crippen LogP contribution in [0.3, 0.4) is 0 Å². The normalized spacial score (nSPS) is 11.1. The molecule has 0 bridgehead atoms. The van der Waals surface area contributed by atoms with Gasteiger partial charge < -0.3 is 0 Å². The number of hydrogen-bond acceptors (Lipinski definition) is 0. The summed E-state index contributed by atoms with van der Waals surface area (Å²) in [5.74, 6) is -0.217. The van der Waals surface area contributed by atoms with Gasteiger partial charge in [-0.05, 0) is 24.3 Å². The molecule has 3 heterocycles. The van der Waals surface area contributed by atoms with Crippen molar-refractivity contribution in [3.8, 4) is 11.3 Å². The summed E-state index contributed by atoms with van der Waals surface area (Å²) in [5, 5.41) is 0. The quantitative estimate of drug-likeness (QED) is 0.373. The van der Waals surface area contributed by atoms with Gasteiger partial charge in [0.25, 0.3) is 16.7 Å². The largest absolute Gasteiger partial charge is 0.286 e. The van der Waals surface area contributed by atoms with Crippen LogP contribution in [0.1, 0.15) is 0 Å². The lowest BCUT2D eigenvalue weighted by Crippen LogP contribution is -2.34. The Morgan fingerprint density at radius 2 is 1.43 bits per heavy atom. The zero-order chi connectivity index (χ0) is 14.2. The Balaban J connectivity index is 2.20. The van der Waals surface area contributed by atoms with E-state index in [0.717, 1.165) is 16.7 Å². The molecule has 1 aromatic carbocycles. The smallest absolute Gasteiger partial charge is 0.206 e. The van der Waals surface area contributed by atoms with Gasteiger partial charge >= 0.3 is 0 Å². The highest BCUT2D eigenvalue weighted by atomic mass is 19.1. The Labute approximate surface area is 121 Å². The second-order valence-electron chi connectivity index (χ2n) is 4.94. The van der Waals surface area contributed by atoms with Gasteiger partial charge in [-0.2, -0.15) is 4.40 Å². The maximum Gasteiger partial charge on any atom is 0.286 e. The molecule has 100 valence electrons. The highest BCUT2D eigenvalue weighted by Crippen LogP contribution is 2.19. The monoisotopic (exact) mass is 276 g/mol. The number of halogens is 1. The van der Waals surface area contributed by atoms with Crippen LogP contribution in [0.5, 0.6) is 0 Å². The molecule has 0 radical (unpaired) electrons. The van der Waals surface area contributed by atoms with E-state index in [2.05, 4.69) is 6.07 Å². The molecular weight excluding hydrogens is 263 g/mol. The highest BCUT2D eigenvalue weighted by Gasteiger charge is 2.23. The maximum absolute atomic E-state index is 14.2. The van der Waals surface area contributed by atoms with Gasteiger partial charge in [0.2, 0.25) is 6.20 Å². The second-order valence-corrected chi connectivity index (χ2v) is 4.94. The molecule has 3 aromatic heterocycles. The van der Waals surface area contributed by atoms with Crippen molar-refractivity contribution in [3.05, 3.63) is 85.1 Å².